The van der Waals surface area contributed by atoms with Gasteiger partial charge < -0.3 is 20.1 Å². The molecule has 1 saturated heterocycles. The molecule has 1 fully saturated rings. The third-order valence-corrected chi connectivity index (χ3v) is 3.54. The molecule has 7 heteroatoms. The lowest BCUT2D eigenvalue weighted by Crippen LogP contribution is -2.48. The Balaban J connectivity index is 1.98. The Morgan fingerprint density at radius 1 is 1.47 bits per heavy atom. The lowest BCUT2D eigenvalue weighted by atomic mass is 10.3. The largest absolute Gasteiger partial charge is 0.394 e. The minimum atomic E-state index is -0.326. The van der Waals surface area contributed by atoms with Gasteiger partial charge in [-0.05, 0) is 18.2 Å². The molecule has 1 heterocycles. The zero-order chi connectivity index (χ0) is 13.8. The van der Waals surface area contributed by atoms with Crippen LogP contribution in [0.25, 0.3) is 0 Å². The highest BCUT2D eigenvalue weighted by molar-refractivity contribution is 6.42. The standard InChI is InChI=1S/C12H14Cl2N2O3/c13-10-2-1-8(5-11(10)14)15-12(18)16-3-4-19-9(6-16)7-17/h1-2,5,9,17H,3-4,6-7H2,(H,15,18). The Kier molecular flexibility index (Phi) is 4.87. The van der Waals surface area contributed by atoms with Crippen LogP contribution in [0.5, 0.6) is 0 Å². The molecule has 0 bridgehead atoms. The summed E-state index contributed by atoms with van der Waals surface area (Å²) in [5, 5.41) is 12.6. The number of aliphatic hydroxyl groups excluding tert-OH is 1. The van der Waals surface area contributed by atoms with Crippen LogP contribution in [0.15, 0.2) is 18.2 Å². The molecule has 1 aromatic carbocycles. The van der Waals surface area contributed by atoms with E-state index in [4.69, 9.17) is 33.0 Å². The number of ether oxygens (including phenoxy) is 1. The van der Waals surface area contributed by atoms with Crippen molar-refractivity contribution < 1.29 is 14.6 Å². The summed E-state index contributed by atoms with van der Waals surface area (Å²) in [7, 11) is 0. The summed E-state index contributed by atoms with van der Waals surface area (Å²) in [6.45, 7) is 1.17. The molecule has 1 aliphatic rings. The van der Waals surface area contributed by atoms with Gasteiger partial charge >= 0.3 is 6.03 Å². The summed E-state index contributed by atoms with van der Waals surface area (Å²) in [5.41, 5.74) is 0.575. The molecule has 1 aliphatic heterocycles. The number of nitrogens with one attached hydrogen (secondary N) is 1. The van der Waals surface area contributed by atoms with Gasteiger partial charge in [-0.15, -0.1) is 0 Å². The van der Waals surface area contributed by atoms with E-state index in [-0.39, 0.29) is 18.7 Å². The van der Waals surface area contributed by atoms with Crippen LogP contribution in [-0.2, 0) is 4.74 Å². The van der Waals surface area contributed by atoms with Gasteiger partial charge in [0.25, 0.3) is 0 Å². The summed E-state index contributed by atoms with van der Waals surface area (Å²) >= 11 is 11.7. The van der Waals surface area contributed by atoms with Crippen molar-refractivity contribution in [3.8, 4) is 0 Å². The smallest absolute Gasteiger partial charge is 0.322 e. The average molecular weight is 305 g/mol. The third kappa shape index (κ3) is 3.73. The zero-order valence-electron chi connectivity index (χ0n) is 10.1. The fourth-order valence-corrected chi connectivity index (χ4v) is 2.09. The summed E-state index contributed by atoms with van der Waals surface area (Å²) < 4.78 is 5.28. The molecular formula is C12H14Cl2N2O3. The number of carbonyl (C=O) groups is 1. The lowest BCUT2D eigenvalue weighted by molar-refractivity contribution is -0.0388. The second-order valence-corrected chi connectivity index (χ2v) is 4.99. The van der Waals surface area contributed by atoms with Gasteiger partial charge in [0.15, 0.2) is 0 Å². The molecule has 0 saturated carbocycles. The van der Waals surface area contributed by atoms with Crippen LogP contribution in [0.3, 0.4) is 0 Å². The number of rotatable bonds is 2. The van der Waals surface area contributed by atoms with Gasteiger partial charge in [0, 0.05) is 12.2 Å². The number of carbonyl (C=O) groups excluding carboxylic acids is 1. The molecule has 104 valence electrons. The van der Waals surface area contributed by atoms with Crippen molar-refractivity contribution >= 4 is 34.9 Å². The fourth-order valence-electron chi connectivity index (χ4n) is 1.79. The van der Waals surface area contributed by atoms with Crippen molar-refractivity contribution in [3.05, 3.63) is 28.2 Å². The Bertz CT molecular complexity index is 470. The Morgan fingerprint density at radius 3 is 2.95 bits per heavy atom. The number of anilines is 1. The number of benzene rings is 1. The summed E-state index contributed by atoms with van der Waals surface area (Å²) in [5.74, 6) is 0. The molecule has 0 radical (unpaired) electrons. The highest BCUT2D eigenvalue weighted by Gasteiger charge is 2.23. The molecule has 2 amide bonds. The van der Waals surface area contributed by atoms with Crippen LogP contribution in [0.2, 0.25) is 10.0 Å². The molecule has 2 N–H and O–H groups in total. The van der Waals surface area contributed by atoms with Crippen LogP contribution in [-0.4, -0.2) is 48.4 Å². The number of amides is 2. The predicted octanol–water partition coefficient (Wildman–Crippen LogP) is 2.22. The van der Waals surface area contributed by atoms with Crippen molar-refractivity contribution in [1.82, 2.24) is 4.90 Å². The summed E-state index contributed by atoms with van der Waals surface area (Å²) in [6, 6.07) is 4.64. The maximum Gasteiger partial charge on any atom is 0.322 e. The first-order valence-corrected chi connectivity index (χ1v) is 6.59. The van der Waals surface area contributed by atoms with Crippen molar-refractivity contribution in [1.29, 1.82) is 0 Å². The van der Waals surface area contributed by atoms with Crippen LogP contribution in [0.1, 0.15) is 0 Å². The van der Waals surface area contributed by atoms with E-state index >= 15 is 0 Å². The van der Waals surface area contributed by atoms with Gasteiger partial charge in [-0.1, -0.05) is 23.2 Å². The van der Waals surface area contributed by atoms with E-state index in [0.717, 1.165) is 0 Å². The van der Waals surface area contributed by atoms with Gasteiger partial charge in [-0.25, -0.2) is 4.79 Å². The Hall–Kier alpha value is -1.01. The minimum Gasteiger partial charge on any atom is -0.394 e. The highest BCUT2D eigenvalue weighted by Crippen LogP contribution is 2.25. The van der Waals surface area contributed by atoms with E-state index in [0.29, 0.717) is 35.4 Å². The Morgan fingerprint density at radius 2 is 2.26 bits per heavy atom. The van der Waals surface area contributed by atoms with Crippen molar-refractivity contribution in [2.24, 2.45) is 0 Å². The maximum absolute atomic E-state index is 12.0. The number of hydrogen-bond acceptors (Lipinski definition) is 3. The topological polar surface area (TPSA) is 61.8 Å². The number of urea groups is 1. The lowest BCUT2D eigenvalue weighted by Gasteiger charge is -2.32. The van der Waals surface area contributed by atoms with Gasteiger partial charge in [0.2, 0.25) is 0 Å². The van der Waals surface area contributed by atoms with E-state index in [2.05, 4.69) is 5.32 Å². The van der Waals surface area contributed by atoms with Crippen molar-refractivity contribution in [3.63, 3.8) is 0 Å². The first-order chi connectivity index (χ1) is 9.10. The first kappa shape index (κ1) is 14.4. The number of aliphatic hydroxyl groups is 1. The van der Waals surface area contributed by atoms with E-state index in [9.17, 15) is 4.79 Å². The van der Waals surface area contributed by atoms with Crippen LogP contribution in [0, 0.1) is 0 Å². The monoisotopic (exact) mass is 304 g/mol. The molecular weight excluding hydrogens is 291 g/mol. The summed E-state index contributed by atoms with van der Waals surface area (Å²) in [6.07, 6.45) is -0.326. The van der Waals surface area contributed by atoms with E-state index < -0.39 is 0 Å². The van der Waals surface area contributed by atoms with Gasteiger partial charge in [-0.3, -0.25) is 0 Å². The number of halogens is 2. The Labute approximate surface area is 121 Å². The molecule has 2 rings (SSSR count). The van der Waals surface area contributed by atoms with Crippen LogP contribution >= 0.6 is 23.2 Å². The highest BCUT2D eigenvalue weighted by atomic mass is 35.5. The van der Waals surface area contributed by atoms with Crippen LogP contribution < -0.4 is 5.32 Å². The number of morpholine rings is 1. The SMILES string of the molecule is O=C(Nc1ccc(Cl)c(Cl)c1)N1CCOC(CO)C1. The molecule has 19 heavy (non-hydrogen) atoms. The quantitative estimate of drug-likeness (QED) is 0.880. The molecule has 0 aromatic heterocycles. The van der Waals surface area contributed by atoms with Crippen molar-refractivity contribution in [2.75, 3.05) is 31.6 Å². The van der Waals surface area contributed by atoms with Crippen LogP contribution in [0.4, 0.5) is 10.5 Å². The van der Waals surface area contributed by atoms with Crippen molar-refractivity contribution in [2.45, 2.75) is 6.10 Å². The molecule has 0 aliphatic carbocycles. The number of hydrogen-bond donors (Lipinski definition) is 2. The molecule has 0 spiro atoms. The van der Waals surface area contributed by atoms with Gasteiger partial charge in [0.1, 0.15) is 0 Å². The molecule has 1 aromatic rings. The fraction of sp³-hybridized carbons (Fsp3) is 0.417. The summed E-state index contributed by atoms with van der Waals surface area (Å²) in [4.78, 5) is 13.6. The van der Waals surface area contributed by atoms with Gasteiger partial charge in [-0.2, -0.15) is 0 Å². The molecule has 1 atom stereocenters. The van der Waals surface area contributed by atoms with E-state index in [1.165, 1.54) is 0 Å². The first-order valence-electron chi connectivity index (χ1n) is 5.83. The zero-order valence-corrected chi connectivity index (χ0v) is 11.6. The maximum atomic E-state index is 12.0. The second-order valence-electron chi connectivity index (χ2n) is 4.18. The second kappa shape index (κ2) is 6.43. The number of nitrogens with zero attached hydrogens (tertiary/aromatic N) is 1. The predicted molar refractivity (Wildman–Crippen MR) is 73.9 cm³/mol. The average Bonchev–Trinajstić information content (AvgIpc) is 2.43. The van der Waals surface area contributed by atoms with Gasteiger partial charge in [0.05, 0.1) is 35.9 Å². The molecule has 1 unspecified atom stereocenters. The normalized spacial score (nSPS) is 19.3. The van der Waals surface area contributed by atoms with E-state index in [1.807, 2.05) is 0 Å². The van der Waals surface area contributed by atoms with E-state index in [1.54, 1.807) is 23.1 Å². The minimum absolute atomic E-state index is 0.101. The third-order valence-electron chi connectivity index (χ3n) is 2.80. The molecule has 5 nitrogen and oxygen atoms in total.